The standard InChI is InChI=1S/C12H17N3O5S/c13-11-7-10(15(16)17)1-2-12(11)21(18,19)14-8-9-3-5-20-6-4-9/h1-2,7,9,14H,3-6,8,13H2. The van der Waals surface area contributed by atoms with Crippen molar-refractivity contribution >= 4 is 21.4 Å². The summed E-state index contributed by atoms with van der Waals surface area (Å²) < 4.78 is 32.1. The Hall–Kier alpha value is -1.71. The van der Waals surface area contributed by atoms with Crippen LogP contribution in [0.1, 0.15) is 12.8 Å². The first-order chi connectivity index (χ1) is 9.90. The molecule has 0 saturated carbocycles. The fraction of sp³-hybridized carbons (Fsp3) is 0.500. The number of nitrogens with one attached hydrogen (secondary N) is 1. The number of nitrogens with two attached hydrogens (primary N) is 1. The molecule has 0 atom stereocenters. The highest BCUT2D eigenvalue weighted by molar-refractivity contribution is 7.89. The number of nitrogens with zero attached hydrogens (tertiary/aromatic N) is 1. The zero-order chi connectivity index (χ0) is 15.5. The van der Waals surface area contributed by atoms with Gasteiger partial charge in [0.25, 0.3) is 5.69 Å². The molecule has 0 bridgehead atoms. The van der Waals surface area contributed by atoms with Crippen molar-refractivity contribution in [3.63, 3.8) is 0 Å². The van der Waals surface area contributed by atoms with Gasteiger partial charge in [-0.2, -0.15) is 0 Å². The predicted octanol–water partition coefficient (Wildman–Crippen LogP) is 0.882. The van der Waals surface area contributed by atoms with Gasteiger partial charge >= 0.3 is 0 Å². The fourth-order valence-corrected chi connectivity index (χ4v) is 3.38. The number of hydrogen-bond acceptors (Lipinski definition) is 6. The summed E-state index contributed by atoms with van der Waals surface area (Å²) in [6, 6.07) is 3.32. The van der Waals surface area contributed by atoms with Crippen LogP contribution < -0.4 is 10.5 Å². The summed E-state index contributed by atoms with van der Waals surface area (Å²) in [6.07, 6.45) is 1.61. The first-order valence-electron chi connectivity index (χ1n) is 6.51. The molecule has 1 aromatic rings. The third-order valence-electron chi connectivity index (χ3n) is 3.40. The van der Waals surface area contributed by atoms with E-state index in [0.29, 0.717) is 19.8 Å². The lowest BCUT2D eigenvalue weighted by Gasteiger charge is -2.22. The highest BCUT2D eigenvalue weighted by Crippen LogP contribution is 2.24. The van der Waals surface area contributed by atoms with E-state index in [-0.39, 0.29) is 22.2 Å². The Labute approximate surface area is 122 Å². The van der Waals surface area contributed by atoms with Crippen LogP contribution in [0.25, 0.3) is 0 Å². The maximum Gasteiger partial charge on any atom is 0.271 e. The number of anilines is 1. The van der Waals surface area contributed by atoms with Gasteiger partial charge in [0.05, 0.1) is 10.6 Å². The van der Waals surface area contributed by atoms with Crippen LogP contribution >= 0.6 is 0 Å². The van der Waals surface area contributed by atoms with Crippen molar-refractivity contribution < 1.29 is 18.1 Å². The average molecular weight is 315 g/mol. The number of hydrogen-bond donors (Lipinski definition) is 2. The molecule has 1 saturated heterocycles. The monoisotopic (exact) mass is 315 g/mol. The highest BCUT2D eigenvalue weighted by Gasteiger charge is 2.22. The Balaban J connectivity index is 2.10. The molecule has 8 nitrogen and oxygen atoms in total. The summed E-state index contributed by atoms with van der Waals surface area (Å²) in [5, 5.41) is 10.6. The average Bonchev–Trinajstić information content (AvgIpc) is 2.46. The van der Waals surface area contributed by atoms with E-state index in [1.54, 1.807) is 0 Å². The number of nitrogen functional groups attached to an aromatic ring is 1. The van der Waals surface area contributed by atoms with Crippen LogP contribution in [-0.2, 0) is 14.8 Å². The third-order valence-corrected chi connectivity index (χ3v) is 4.89. The molecular formula is C12H17N3O5S. The Morgan fingerprint density at radius 2 is 2.05 bits per heavy atom. The molecule has 1 heterocycles. The Bertz CT molecular complexity index is 626. The molecule has 1 aliphatic heterocycles. The highest BCUT2D eigenvalue weighted by atomic mass is 32.2. The summed E-state index contributed by atoms with van der Waals surface area (Å²) >= 11 is 0. The van der Waals surface area contributed by atoms with Gasteiger partial charge in [0, 0.05) is 31.9 Å². The van der Waals surface area contributed by atoms with Crippen molar-refractivity contribution in [2.75, 3.05) is 25.5 Å². The molecule has 0 aliphatic carbocycles. The van der Waals surface area contributed by atoms with Crippen molar-refractivity contribution in [3.05, 3.63) is 28.3 Å². The van der Waals surface area contributed by atoms with Gasteiger partial charge in [0.15, 0.2) is 0 Å². The summed E-state index contributed by atoms with van der Waals surface area (Å²) in [4.78, 5) is 9.86. The Kier molecular flexibility index (Phi) is 4.76. The van der Waals surface area contributed by atoms with E-state index in [1.165, 1.54) is 0 Å². The lowest BCUT2D eigenvalue weighted by atomic mass is 10.0. The van der Waals surface area contributed by atoms with E-state index in [4.69, 9.17) is 10.5 Å². The second-order valence-electron chi connectivity index (χ2n) is 4.89. The maximum absolute atomic E-state index is 12.2. The lowest BCUT2D eigenvalue weighted by molar-refractivity contribution is -0.384. The Morgan fingerprint density at radius 3 is 2.62 bits per heavy atom. The SMILES string of the molecule is Nc1cc([N+](=O)[O-])ccc1S(=O)(=O)NCC1CCOCC1. The van der Waals surface area contributed by atoms with Crippen LogP contribution in [0, 0.1) is 16.0 Å². The van der Waals surface area contributed by atoms with Crippen LogP contribution in [0.4, 0.5) is 11.4 Å². The van der Waals surface area contributed by atoms with Crippen LogP contribution in [0.3, 0.4) is 0 Å². The number of rotatable bonds is 5. The summed E-state index contributed by atoms with van der Waals surface area (Å²) in [7, 11) is -3.77. The first kappa shape index (κ1) is 15.7. The number of nitro benzene ring substituents is 1. The van der Waals surface area contributed by atoms with Crippen molar-refractivity contribution in [1.82, 2.24) is 4.72 Å². The van der Waals surface area contributed by atoms with Crippen molar-refractivity contribution in [2.24, 2.45) is 5.92 Å². The zero-order valence-corrected chi connectivity index (χ0v) is 12.1. The smallest absolute Gasteiger partial charge is 0.271 e. The molecule has 1 aliphatic rings. The molecule has 0 spiro atoms. The number of benzene rings is 1. The topological polar surface area (TPSA) is 125 Å². The lowest BCUT2D eigenvalue weighted by Crippen LogP contribution is -2.32. The normalized spacial score (nSPS) is 16.8. The van der Waals surface area contributed by atoms with Gasteiger partial charge in [-0.25, -0.2) is 13.1 Å². The number of ether oxygens (including phenoxy) is 1. The van der Waals surface area contributed by atoms with Gasteiger partial charge in [0.1, 0.15) is 4.90 Å². The molecule has 2 rings (SSSR count). The molecule has 116 valence electrons. The number of nitro groups is 1. The van der Waals surface area contributed by atoms with E-state index in [0.717, 1.165) is 31.0 Å². The van der Waals surface area contributed by atoms with Crippen molar-refractivity contribution in [1.29, 1.82) is 0 Å². The van der Waals surface area contributed by atoms with E-state index in [1.807, 2.05) is 0 Å². The summed E-state index contributed by atoms with van der Waals surface area (Å²) in [5.41, 5.74) is 5.23. The van der Waals surface area contributed by atoms with Gasteiger partial charge in [0.2, 0.25) is 10.0 Å². The van der Waals surface area contributed by atoms with Crippen LogP contribution in [0.15, 0.2) is 23.1 Å². The number of sulfonamides is 1. The predicted molar refractivity (Wildman–Crippen MR) is 76.2 cm³/mol. The van der Waals surface area contributed by atoms with Crippen LogP contribution in [-0.4, -0.2) is 33.1 Å². The summed E-state index contributed by atoms with van der Waals surface area (Å²) in [5.74, 6) is 0.229. The molecule has 1 aromatic carbocycles. The van der Waals surface area contributed by atoms with Crippen molar-refractivity contribution in [2.45, 2.75) is 17.7 Å². The van der Waals surface area contributed by atoms with Gasteiger partial charge in [-0.05, 0) is 24.8 Å². The second kappa shape index (κ2) is 6.37. The minimum atomic E-state index is -3.77. The molecule has 0 unspecified atom stereocenters. The molecule has 0 amide bonds. The van der Waals surface area contributed by atoms with Gasteiger partial charge < -0.3 is 10.5 Å². The minimum absolute atomic E-state index is 0.135. The zero-order valence-electron chi connectivity index (χ0n) is 11.3. The maximum atomic E-state index is 12.2. The van der Waals surface area contributed by atoms with E-state index in [9.17, 15) is 18.5 Å². The first-order valence-corrected chi connectivity index (χ1v) is 8.00. The molecule has 0 aromatic heterocycles. The van der Waals surface area contributed by atoms with E-state index >= 15 is 0 Å². The number of non-ortho nitro benzene ring substituents is 1. The van der Waals surface area contributed by atoms with Crippen LogP contribution in [0.5, 0.6) is 0 Å². The van der Waals surface area contributed by atoms with Gasteiger partial charge in [-0.15, -0.1) is 0 Å². The quantitative estimate of drug-likeness (QED) is 0.472. The third kappa shape index (κ3) is 3.90. The molecule has 3 N–H and O–H groups in total. The summed E-state index contributed by atoms with van der Waals surface area (Å²) in [6.45, 7) is 1.57. The molecule has 9 heteroatoms. The molecular weight excluding hydrogens is 298 g/mol. The van der Waals surface area contributed by atoms with Crippen molar-refractivity contribution in [3.8, 4) is 0 Å². The second-order valence-corrected chi connectivity index (χ2v) is 6.62. The Morgan fingerprint density at radius 1 is 1.38 bits per heavy atom. The van der Waals surface area contributed by atoms with E-state index in [2.05, 4.69) is 4.72 Å². The van der Waals surface area contributed by atoms with Gasteiger partial charge in [-0.1, -0.05) is 0 Å². The molecule has 0 radical (unpaired) electrons. The fourth-order valence-electron chi connectivity index (χ4n) is 2.15. The van der Waals surface area contributed by atoms with Crippen LogP contribution in [0.2, 0.25) is 0 Å². The van der Waals surface area contributed by atoms with E-state index < -0.39 is 14.9 Å². The molecule has 1 fully saturated rings. The largest absolute Gasteiger partial charge is 0.397 e. The van der Waals surface area contributed by atoms with Gasteiger partial charge in [-0.3, -0.25) is 10.1 Å². The minimum Gasteiger partial charge on any atom is -0.397 e. The molecule has 21 heavy (non-hydrogen) atoms.